The van der Waals surface area contributed by atoms with Gasteiger partial charge in [-0.2, -0.15) is 4.98 Å². The zero-order valence-electron chi connectivity index (χ0n) is 7.94. The average Bonchev–Trinajstić information content (AvgIpc) is 2.26. The summed E-state index contributed by atoms with van der Waals surface area (Å²) in [6, 6.07) is 0. The molecule has 0 spiro atoms. The molecule has 0 atom stereocenters. The molecule has 0 saturated carbocycles. The lowest BCUT2D eigenvalue weighted by Crippen LogP contribution is -2.04. The Morgan fingerprint density at radius 1 is 1.21 bits per heavy atom. The fraction of sp³-hybridized carbons (Fsp3) is 0.333. The van der Waals surface area contributed by atoms with E-state index in [9.17, 15) is 0 Å². The lowest BCUT2D eigenvalue weighted by molar-refractivity contribution is 0.954. The molecule has 0 aliphatic heterocycles. The second-order valence-corrected chi connectivity index (χ2v) is 2.89. The number of aromatic nitrogens is 4. The van der Waals surface area contributed by atoms with Crippen molar-refractivity contribution < 1.29 is 0 Å². The molecule has 0 saturated heterocycles. The molecule has 72 valence electrons. The predicted molar refractivity (Wildman–Crippen MR) is 53.9 cm³/mol. The van der Waals surface area contributed by atoms with Crippen molar-refractivity contribution in [2.75, 3.05) is 11.9 Å². The minimum atomic E-state index is 0.611. The molecule has 5 nitrogen and oxygen atoms in total. The second kappa shape index (κ2) is 3.95. The first-order valence-corrected chi connectivity index (χ1v) is 4.58. The Hall–Kier alpha value is -1.78. The SMILES string of the molecule is CCCNc1ncc2nccnc2n1. The van der Waals surface area contributed by atoms with Gasteiger partial charge in [0.2, 0.25) is 5.95 Å². The van der Waals surface area contributed by atoms with Crippen molar-refractivity contribution in [1.82, 2.24) is 19.9 Å². The Morgan fingerprint density at radius 2 is 2.07 bits per heavy atom. The largest absolute Gasteiger partial charge is 0.354 e. The van der Waals surface area contributed by atoms with Crippen LogP contribution >= 0.6 is 0 Å². The molecule has 0 unspecified atom stereocenters. The van der Waals surface area contributed by atoms with Crippen LogP contribution in [0.4, 0.5) is 5.95 Å². The van der Waals surface area contributed by atoms with Crippen LogP contribution in [0, 0.1) is 0 Å². The Kier molecular flexibility index (Phi) is 2.48. The number of rotatable bonds is 3. The average molecular weight is 189 g/mol. The van der Waals surface area contributed by atoms with Gasteiger partial charge in [0, 0.05) is 18.9 Å². The van der Waals surface area contributed by atoms with Crippen LogP contribution in [0.1, 0.15) is 13.3 Å². The van der Waals surface area contributed by atoms with Crippen LogP contribution in [0.15, 0.2) is 18.6 Å². The van der Waals surface area contributed by atoms with Gasteiger partial charge >= 0.3 is 0 Å². The van der Waals surface area contributed by atoms with E-state index >= 15 is 0 Å². The van der Waals surface area contributed by atoms with E-state index in [1.165, 1.54) is 0 Å². The Balaban J connectivity index is 2.32. The van der Waals surface area contributed by atoms with Crippen LogP contribution in [0.25, 0.3) is 11.2 Å². The van der Waals surface area contributed by atoms with Gasteiger partial charge in [0.1, 0.15) is 5.52 Å². The van der Waals surface area contributed by atoms with Crippen LogP contribution < -0.4 is 5.32 Å². The standard InChI is InChI=1S/C9H11N5/c1-2-3-12-9-13-6-7-8(14-9)11-5-4-10-7/h4-6H,2-3H2,1H3,(H,11,12,13,14). The highest BCUT2D eigenvalue weighted by molar-refractivity contribution is 5.68. The molecule has 0 aliphatic rings. The van der Waals surface area contributed by atoms with E-state index in [1.807, 2.05) is 0 Å². The number of anilines is 1. The summed E-state index contributed by atoms with van der Waals surface area (Å²) in [7, 11) is 0. The number of nitrogens with one attached hydrogen (secondary N) is 1. The molecular weight excluding hydrogens is 178 g/mol. The summed E-state index contributed by atoms with van der Waals surface area (Å²) in [5, 5.41) is 3.10. The van der Waals surface area contributed by atoms with Crippen LogP contribution in [-0.4, -0.2) is 26.5 Å². The summed E-state index contributed by atoms with van der Waals surface area (Å²) >= 11 is 0. The summed E-state index contributed by atoms with van der Waals surface area (Å²) in [6.07, 6.45) is 5.97. The van der Waals surface area contributed by atoms with E-state index < -0.39 is 0 Å². The molecule has 2 aromatic heterocycles. The van der Waals surface area contributed by atoms with Crippen molar-refractivity contribution in [1.29, 1.82) is 0 Å². The number of fused-ring (bicyclic) bond motifs is 1. The van der Waals surface area contributed by atoms with E-state index in [-0.39, 0.29) is 0 Å². The van der Waals surface area contributed by atoms with Gasteiger partial charge < -0.3 is 5.32 Å². The highest BCUT2D eigenvalue weighted by Crippen LogP contribution is 2.05. The van der Waals surface area contributed by atoms with Crippen LogP contribution in [-0.2, 0) is 0 Å². The van der Waals surface area contributed by atoms with Crippen LogP contribution in [0.5, 0.6) is 0 Å². The molecule has 0 fully saturated rings. The van der Waals surface area contributed by atoms with Crippen molar-refractivity contribution >= 4 is 17.1 Å². The molecule has 0 radical (unpaired) electrons. The van der Waals surface area contributed by atoms with Crippen molar-refractivity contribution in [3.05, 3.63) is 18.6 Å². The Morgan fingerprint density at radius 3 is 2.93 bits per heavy atom. The van der Waals surface area contributed by atoms with Crippen LogP contribution in [0.3, 0.4) is 0 Å². The van der Waals surface area contributed by atoms with Crippen molar-refractivity contribution in [3.63, 3.8) is 0 Å². The van der Waals surface area contributed by atoms with Gasteiger partial charge in [0.15, 0.2) is 5.65 Å². The maximum absolute atomic E-state index is 4.22. The van der Waals surface area contributed by atoms with Gasteiger partial charge in [-0.15, -0.1) is 0 Å². The monoisotopic (exact) mass is 189 g/mol. The molecule has 0 amide bonds. The molecule has 0 bridgehead atoms. The molecule has 0 aliphatic carbocycles. The van der Waals surface area contributed by atoms with Gasteiger partial charge in [-0.05, 0) is 6.42 Å². The minimum absolute atomic E-state index is 0.611. The molecule has 0 aromatic carbocycles. The number of nitrogens with zero attached hydrogens (tertiary/aromatic N) is 4. The van der Waals surface area contributed by atoms with Crippen molar-refractivity contribution in [3.8, 4) is 0 Å². The first-order valence-electron chi connectivity index (χ1n) is 4.58. The molecular formula is C9H11N5. The van der Waals surface area contributed by atoms with Gasteiger partial charge in [0.25, 0.3) is 0 Å². The zero-order chi connectivity index (χ0) is 9.80. The lowest BCUT2D eigenvalue weighted by Gasteiger charge is -2.02. The maximum Gasteiger partial charge on any atom is 0.224 e. The topological polar surface area (TPSA) is 63.6 Å². The summed E-state index contributed by atoms with van der Waals surface area (Å²) in [4.78, 5) is 16.5. The van der Waals surface area contributed by atoms with Gasteiger partial charge in [-0.1, -0.05) is 6.92 Å². The molecule has 2 heterocycles. The molecule has 1 N–H and O–H groups in total. The van der Waals surface area contributed by atoms with E-state index in [2.05, 4.69) is 32.2 Å². The van der Waals surface area contributed by atoms with Gasteiger partial charge in [-0.3, -0.25) is 0 Å². The summed E-state index contributed by atoms with van der Waals surface area (Å²) in [6.45, 7) is 2.96. The van der Waals surface area contributed by atoms with Gasteiger partial charge in [0.05, 0.1) is 6.20 Å². The third-order valence-corrected chi connectivity index (χ3v) is 1.76. The predicted octanol–water partition coefficient (Wildman–Crippen LogP) is 1.24. The minimum Gasteiger partial charge on any atom is -0.354 e. The Labute approximate surface area is 81.6 Å². The van der Waals surface area contributed by atoms with Crippen LogP contribution in [0.2, 0.25) is 0 Å². The molecule has 2 aromatic rings. The van der Waals surface area contributed by atoms with E-state index in [4.69, 9.17) is 0 Å². The highest BCUT2D eigenvalue weighted by Gasteiger charge is 1.99. The number of hydrogen-bond donors (Lipinski definition) is 1. The third kappa shape index (κ3) is 1.76. The maximum atomic E-state index is 4.22. The quantitative estimate of drug-likeness (QED) is 0.787. The molecule has 2 rings (SSSR count). The van der Waals surface area contributed by atoms with Crippen molar-refractivity contribution in [2.45, 2.75) is 13.3 Å². The number of hydrogen-bond acceptors (Lipinski definition) is 5. The normalized spacial score (nSPS) is 10.4. The fourth-order valence-corrected chi connectivity index (χ4v) is 1.09. The summed E-state index contributed by atoms with van der Waals surface area (Å²) < 4.78 is 0. The third-order valence-electron chi connectivity index (χ3n) is 1.76. The smallest absolute Gasteiger partial charge is 0.224 e. The van der Waals surface area contributed by atoms with E-state index in [0.717, 1.165) is 18.5 Å². The molecule has 14 heavy (non-hydrogen) atoms. The van der Waals surface area contributed by atoms with E-state index in [1.54, 1.807) is 18.6 Å². The highest BCUT2D eigenvalue weighted by atomic mass is 15.1. The second-order valence-electron chi connectivity index (χ2n) is 2.89. The molecule has 5 heteroatoms. The fourth-order valence-electron chi connectivity index (χ4n) is 1.09. The summed E-state index contributed by atoms with van der Waals surface area (Å²) in [5.41, 5.74) is 1.34. The zero-order valence-corrected chi connectivity index (χ0v) is 7.94. The Bertz CT molecular complexity index is 428. The first kappa shape index (κ1) is 8.80. The summed E-state index contributed by atoms with van der Waals surface area (Å²) in [5.74, 6) is 0.611. The van der Waals surface area contributed by atoms with Gasteiger partial charge in [-0.25, -0.2) is 15.0 Å². The lowest BCUT2D eigenvalue weighted by atomic mass is 10.5. The first-order chi connectivity index (χ1) is 6.90. The van der Waals surface area contributed by atoms with Crippen molar-refractivity contribution in [2.24, 2.45) is 0 Å². The van der Waals surface area contributed by atoms with E-state index in [0.29, 0.717) is 11.6 Å².